The number of carbonyl (C=O) groups excluding carboxylic acids is 2. The molecule has 0 radical (unpaired) electrons. The van der Waals surface area contributed by atoms with E-state index in [-0.39, 0.29) is 12.2 Å². The highest BCUT2D eigenvalue weighted by atomic mass is 35.5. The Labute approximate surface area is 168 Å². The number of carbonyl (C=O) groups is 2. The van der Waals surface area contributed by atoms with Gasteiger partial charge in [0.1, 0.15) is 5.54 Å². The molecule has 0 spiro atoms. The molecule has 7 nitrogen and oxygen atoms in total. The normalized spacial score (nSPS) is 19.3. The number of non-ortho nitro benzene ring substituents is 1. The van der Waals surface area contributed by atoms with E-state index in [9.17, 15) is 19.7 Å². The van der Waals surface area contributed by atoms with Crippen molar-refractivity contribution in [1.29, 1.82) is 0 Å². The van der Waals surface area contributed by atoms with Crippen LogP contribution in [-0.2, 0) is 16.9 Å². The molecule has 1 fully saturated rings. The highest BCUT2D eigenvalue weighted by Gasteiger charge is 2.49. The third-order valence-corrected chi connectivity index (χ3v) is 6.53. The third-order valence-electron chi connectivity index (χ3n) is 4.83. The summed E-state index contributed by atoms with van der Waals surface area (Å²) in [6.45, 7) is 1.65. The Kier molecular flexibility index (Phi) is 4.32. The number of halogens is 1. The molecule has 3 amide bonds. The minimum absolute atomic E-state index is 0.0609. The van der Waals surface area contributed by atoms with Crippen LogP contribution < -0.4 is 5.32 Å². The van der Waals surface area contributed by atoms with E-state index in [1.807, 2.05) is 24.3 Å². The highest BCUT2D eigenvalue weighted by Crippen LogP contribution is 2.38. The van der Waals surface area contributed by atoms with Crippen LogP contribution in [0.15, 0.2) is 48.5 Å². The van der Waals surface area contributed by atoms with Crippen LogP contribution in [0.5, 0.6) is 0 Å². The van der Waals surface area contributed by atoms with Crippen LogP contribution in [0, 0.1) is 10.1 Å². The number of nitro benzene ring substituents is 1. The van der Waals surface area contributed by atoms with Crippen LogP contribution >= 0.6 is 22.9 Å². The summed E-state index contributed by atoms with van der Waals surface area (Å²) >= 11 is 7.88. The molecule has 0 bridgehead atoms. The first-order chi connectivity index (χ1) is 13.3. The predicted molar refractivity (Wildman–Crippen MR) is 106 cm³/mol. The molecule has 1 aliphatic rings. The van der Waals surface area contributed by atoms with E-state index in [4.69, 9.17) is 11.6 Å². The number of nitrogens with zero attached hydrogens (tertiary/aromatic N) is 2. The average molecular weight is 416 g/mol. The molecule has 1 aliphatic heterocycles. The molecule has 3 aromatic rings. The number of nitrogens with one attached hydrogen (secondary N) is 1. The summed E-state index contributed by atoms with van der Waals surface area (Å²) in [6, 6.07) is 12.7. The van der Waals surface area contributed by atoms with E-state index in [2.05, 4.69) is 5.32 Å². The fourth-order valence-corrected chi connectivity index (χ4v) is 4.74. The number of urea groups is 1. The van der Waals surface area contributed by atoms with Gasteiger partial charge in [0.15, 0.2) is 0 Å². The molecule has 142 valence electrons. The van der Waals surface area contributed by atoms with E-state index in [1.54, 1.807) is 6.92 Å². The monoisotopic (exact) mass is 415 g/mol. The zero-order valence-corrected chi connectivity index (χ0v) is 16.2. The second-order valence-corrected chi connectivity index (χ2v) is 8.10. The number of nitro groups is 1. The second-order valence-electron chi connectivity index (χ2n) is 6.59. The molecule has 28 heavy (non-hydrogen) atoms. The number of benzene rings is 2. The maximum atomic E-state index is 13.1. The topological polar surface area (TPSA) is 92.6 Å². The van der Waals surface area contributed by atoms with E-state index in [0.717, 1.165) is 19.9 Å². The van der Waals surface area contributed by atoms with Crippen LogP contribution in [0.2, 0.25) is 5.02 Å². The van der Waals surface area contributed by atoms with Gasteiger partial charge in [-0.15, -0.1) is 11.3 Å². The predicted octanol–water partition coefficient (Wildman–Crippen LogP) is 4.43. The van der Waals surface area contributed by atoms with Gasteiger partial charge in [0, 0.05) is 27.1 Å². The van der Waals surface area contributed by atoms with Crippen LogP contribution in [-0.4, -0.2) is 21.8 Å². The summed E-state index contributed by atoms with van der Waals surface area (Å²) in [5.41, 5.74) is -0.908. The first-order valence-corrected chi connectivity index (χ1v) is 9.55. The fourth-order valence-electron chi connectivity index (χ4n) is 3.26. The molecule has 0 saturated carbocycles. The molecule has 2 heterocycles. The van der Waals surface area contributed by atoms with Gasteiger partial charge in [-0.05, 0) is 30.7 Å². The first-order valence-electron chi connectivity index (χ1n) is 8.36. The standard InChI is InChI=1S/C19H14ClN3O4S/c1-19(11-6-8-12(9-7-11)23(26)27)17(24)22(18(25)21-19)10-15-16(20)13-4-2-3-5-14(13)28-15/h2-9H,10H2,1H3,(H,21,25). The first kappa shape index (κ1) is 18.4. The lowest BCUT2D eigenvalue weighted by Crippen LogP contribution is -2.40. The van der Waals surface area contributed by atoms with Gasteiger partial charge in [-0.1, -0.05) is 29.8 Å². The Bertz CT molecular complexity index is 1130. The Balaban J connectivity index is 1.64. The van der Waals surface area contributed by atoms with Gasteiger partial charge in [0.05, 0.1) is 16.5 Å². The van der Waals surface area contributed by atoms with Crippen molar-refractivity contribution in [2.24, 2.45) is 0 Å². The summed E-state index contributed by atoms with van der Waals surface area (Å²) in [4.78, 5) is 37.8. The van der Waals surface area contributed by atoms with Crippen molar-refractivity contribution in [3.8, 4) is 0 Å². The van der Waals surface area contributed by atoms with Crippen LogP contribution in [0.1, 0.15) is 17.4 Å². The van der Waals surface area contributed by atoms with E-state index < -0.39 is 22.4 Å². The zero-order valence-electron chi connectivity index (χ0n) is 14.6. The zero-order chi connectivity index (χ0) is 20.1. The van der Waals surface area contributed by atoms with Crippen molar-refractivity contribution in [3.63, 3.8) is 0 Å². The number of hydrogen-bond donors (Lipinski definition) is 1. The molecule has 1 saturated heterocycles. The summed E-state index contributed by atoms with van der Waals surface area (Å²) < 4.78 is 0.979. The van der Waals surface area contributed by atoms with Crippen LogP contribution in [0.25, 0.3) is 10.1 Å². The van der Waals surface area contributed by atoms with E-state index in [0.29, 0.717) is 10.6 Å². The molecular formula is C19H14ClN3O4S. The van der Waals surface area contributed by atoms with Crippen molar-refractivity contribution in [2.45, 2.75) is 19.0 Å². The van der Waals surface area contributed by atoms with Crippen molar-refractivity contribution in [2.75, 3.05) is 0 Å². The minimum atomic E-state index is -1.30. The molecular weight excluding hydrogens is 402 g/mol. The van der Waals surface area contributed by atoms with Crippen molar-refractivity contribution >= 4 is 50.6 Å². The van der Waals surface area contributed by atoms with Gasteiger partial charge in [-0.2, -0.15) is 0 Å². The van der Waals surface area contributed by atoms with Crippen LogP contribution in [0.4, 0.5) is 10.5 Å². The molecule has 4 rings (SSSR count). The van der Waals surface area contributed by atoms with Crippen molar-refractivity contribution in [1.82, 2.24) is 10.2 Å². The lowest BCUT2D eigenvalue weighted by molar-refractivity contribution is -0.384. The Morgan fingerprint density at radius 3 is 2.50 bits per heavy atom. The maximum absolute atomic E-state index is 13.1. The fraction of sp³-hybridized carbons (Fsp3) is 0.158. The SMILES string of the molecule is CC1(c2ccc([N+](=O)[O-])cc2)NC(=O)N(Cc2sc3ccccc3c2Cl)C1=O. The third kappa shape index (κ3) is 2.81. The van der Waals surface area contributed by atoms with E-state index in [1.165, 1.54) is 35.6 Å². The largest absolute Gasteiger partial charge is 0.325 e. The lowest BCUT2D eigenvalue weighted by atomic mass is 9.92. The number of hydrogen-bond acceptors (Lipinski definition) is 5. The quantitative estimate of drug-likeness (QED) is 0.387. The number of amides is 3. The Morgan fingerprint density at radius 1 is 1.18 bits per heavy atom. The second kappa shape index (κ2) is 6.57. The minimum Gasteiger partial charge on any atom is -0.319 e. The van der Waals surface area contributed by atoms with Gasteiger partial charge < -0.3 is 5.32 Å². The lowest BCUT2D eigenvalue weighted by Gasteiger charge is -2.22. The highest BCUT2D eigenvalue weighted by molar-refractivity contribution is 7.19. The molecule has 1 atom stereocenters. The number of rotatable bonds is 4. The summed E-state index contributed by atoms with van der Waals surface area (Å²) in [6.07, 6.45) is 0. The molecule has 1 unspecified atom stereocenters. The maximum Gasteiger partial charge on any atom is 0.325 e. The van der Waals surface area contributed by atoms with Gasteiger partial charge in [0.2, 0.25) is 0 Å². The van der Waals surface area contributed by atoms with Crippen molar-refractivity contribution in [3.05, 3.63) is 74.1 Å². The van der Waals surface area contributed by atoms with Gasteiger partial charge in [-0.25, -0.2) is 4.79 Å². The Hall–Kier alpha value is -2.97. The number of imide groups is 1. The number of fused-ring (bicyclic) bond motifs is 1. The summed E-state index contributed by atoms with van der Waals surface area (Å²) in [5.74, 6) is -0.431. The van der Waals surface area contributed by atoms with Crippen molar-refractivity contribution < 1.29 is 14.5 Å². The molecule has 1 aromatic heterocycles. The van der Waals surface area contributed by atoms with E-state index >= 15 is 0 Å². The van der Waals surface area contributed by atoms with Gasteiger partial charge in [-0.3, -0.25) is 19.8 Å². The van der Waals surface area contributed by atoms with Gasteiger partial charge >= 0.3 is 6.03 Å². The molecule has 0 aliphatic carbocycles. The molecule has 9 heteroatoms. The summed E-state index contributed by atoms with van der Waals surface area (Å²) in [5, 5.41) is 15.0. The van der Waals surface area contributed by atoms with Crippen LogP contribution in [0.3, 0.4) is 0 Å². The molecule has 2 aromatic carbocycles. The molecule has 1 N–H and O–H groups in total. The summed E-state index contributed by atoms with van der Waals surface area (Å²) in [7, 11) is 0. The Morgan fingerprint density at radius 2 is 1.86 bits per heavy atom. The van der Waals surface area contributed by atoms with Gasteiger partial charge in [0.25, 0.3) is 11.6 Å². The smallest absolute Gasteiger partial charge is 0.319 e. The average Bonchev–Trinajstić information content (AvgIpc) is 3.11. The number of thiophene rings is 1.